The Morgan fingerprint density at radius 3 is 3.10 bits per heavy atom. The zero-order chi connectivity index (χ0) is 15.1. The summed E-state index contributed by atoms with van der Waals surface area (Å²) in [5.74, 6) is 1.30. The number of carbonyl (C=O) groups excluding carboxylic acids is 1. The quantitative estimate of drug-likeness (QED) is 0.812. The van der Waals surface area contributed by atoms with Crippen molar-refractivity contribution in [2.45, 2.75) is 12.8 Å². The number of hydrogen-bond acceptors (Lipinski definition) is 4. The second-order valence-electron chi connectivity index (χ2n) is 5.37. The molecule has 1 aliphatic rings. The zero-order valence-corrected chi connectivity index (χ0v) is 12.5. The van der Waals surface area contributed by atoms with Gasteiger partial charge in [-0.25, -0.2) is 4.98 Å². The van der Waals surface area contributed by atoms with Crippen molar-refractivity contribution >= 4 is 11.7 Å². The molecule has 1 N–H and O–H groups in total. The summed E-state index contributed by atoms with van der Waals surface area (Å²) in [5, 5.41) is 2.74. The van der Waals surface area contributed by atoms with Crippen LogP contribution in [0.15, 0.2) is 31.0 Å². The molecular weight excluding hydrogens is 266 g/mol. The minimum atomic E-state index is -0.128. The van der Waals surface area contributed by atoms with Gasteiger partial charge in [-0.05, 0) is 30.9 Å². The van der Waals surface area contributed by atoms with Crippen molar-refractivity contribution < 1.29 is 9.53 Å². The number of carbonyl (C=O) groups is 1. The summed E-state index contributed by atoms with van der Waals surface area (Å²) >= 11 is 0. The third-order valence-corrected chi connectivity index (χ3v) is 3.59. The largest absolute Gasteiger partial charge is 0.381 e. The zero-order valence-electron chi connectivity index (χ0n) is 12.5. The number of pyridine rings is 1. The van der Waals surface area contributed by atoms with Gasteiger partial charge in [0.15, 0.2) is 0 Å². The van der Waals surface area contributed by atoms with Crippen LogP contribution in [0.5, 0.6) is 0 Å². The Balaban J connectivity index is 1.91. The molecule has 0 spiro atoms. The van der Waals surface area contributed by atoms with Crippen molar-refractivity contribution in [3.8, 4) is 0 Å². The Hall–Kier alpha value is -1.88. The molecule has 2 rings (SSSR count). The van der Waals surface area contributed by atoms with Crippen molar-refractivity contribution in [1.29, 1.82) is 0 Å². The Kier molecular flexibility index (Phi) is 5.75. The van der Waals surface area contributed by atoms with Gasteiger partial charge in [-0.3, -0.25) is 4.79 Å². The highest BCUT2D eigenvalue weighted by Gasteiger charge is 2.16. The van der Waals surface area contributed by atoms with E-state index in [1.165, 1.54) is 6.42 Å². The van der Waals surface area contributed by atoms with Crippen LogP contribution in [-0.2, 0) is 4.74 Å². The molecular formula is C16H23N3O2. The third kappa shape index (κ3) is 4.56. The molecule has 5 nitrogen and oxygen atoms in total. The van der Waals surface area contributed by atoms with E-state index in [-0.39, 0.29) is 5.91 Å². The normalized spacial score (nSPS) is 18.0. The number of hydrogen-bond donors (Lipinski definition) is 1. The molecule has 1 aromatic heterocycles. The van der Waals surface area contributed by atoms with Gasteiger partial charge in [0.1, 0.15) is 5.82 Å². The molecule has 0 radical (unpaired) electrons. The first-order valence-electron chi connectivity index (χ1n) is 7.34. The lowest BCUT2D eigenvalue weighted by Crippen LogP contribution is -2.31. The summed E-state index contributed by atoms with van der Waals surface area (Å²) in [6.45, 7) is 6.67. The maximum Gasteiger partial charge on any atom is 0.253 e. The summed E-state index contributed by atoms with van der Waals surface area (Å²) in [6, 6.07) is 3.68. The van der Waals surface area contributed by atoms with Crippen LogP contribution >= 0.6 is 0 Å². The van der Waals surface area contributed by atoms with Crippen molar-refractivity contribution in [2.75, 3.05) is 38.3 Å². The lowest BCUT2D eigenvalue weighted by molar-refractivity contribution is 0.0576. The van der Waals surface area contributed by atoms with E-state index in [0.29, 0.717) is 18.0 Å². The number of rotatable bonds is 6. The highest BCUT2D eigenvalue weighted by molar-refractivity contribution is 5.94. The van der Waals surface area contributed by atoms with Gasteiger partial charge in [-0.1, -0.05) is 6.08 Å². The Bertz CT molecular complexity index is 467. The van der Waals surface area contributed by atoms with E-state index in [9.17, 15) is 4.79 Å². The Morgan fingerprint density at radius 2 is 2.48 bits per heavy atom. The smallest absolute Gasteiger partial charge is 0.253 e. The molecule has 1 atom stereocenters. The van der Waals surface area contributed by atoms with E-state index in [0.717, 1.165) is 32.0 Å². The summed E-state index contributed by atoms with van der Waals surface area (Å²) in [5.41, 5.74) is 0.565. The number of nitrogens with zero attached hydrogens (tertiary/aromatic N) is 2. The molecule has 0 aromatic carbocycles. The number of nitrogens with one attached hydrogen (secondary N) is 1. The number of amides is 1. The van der Waals surface area contributed by atoms with Gasteiger partial charge in [-0.2, -0.15) is 0 Å². The molecule has 0 saturated carbocycles. The molecule has 21 heavy (non-hydrogen) atoms. The first kappa shape index (κ1) is 15.5. The SMILES string of the molecule is C=CCNC(=O)c1ccc(N(C)C[C@@H]2CCCOC2)nc1. The maximum atomic E-state index is 11.8. The molecule has 1 fully saturated rings. The van der Waals surface area contributed by atoms with Crippen LogP contribution in [0.2, 0.25) is 0 Å². The molecule has 0 aliphatic carbocycles. The van der Waals surface area contributed by atoms with Crippen LogP contribution in [0, 0.1) is 5.92 Å². The van der Waals surface area contributed by atoms with Crippen LogP contribution in [-0.4, -0.2) is 44.2 Å². The van der Waals surface area contributed by atoms with Gasteiger partial charge < -0.3 is 15.0 Å². The van der Waals surface area contributed by atoms with E-state index in [1.807, 2.05) is 13.1 Å². The predicted molar refractivity (Wildman–Crippen MR) is 83.6 cm³/mol. The van der Waals surface area contributed by atoms with Crippen molar-refractivity contribution in [1.82, 2.24) is 10.3 Å². The van der Waals surface area contributed by atoms with E-state index in [2.05, 4.69) is 21.8 Å². The molecule has 0 unspecified atom stereocenters. The molecule has 114 valence electrons. The van der Waals surface area contributed by atoms with Crippen molar-refractivity contribution in [2.24, 2.45) is 5.92 Å². The van der Waals surface area contributed by atoms with Crippen molar-refractivity contribution in [3.05, 3.63) is 36.5 Å². The fourth-order valence-corrected chi connectivity index (χ4v) is 2.45. The van der Waals surface area contributed by atoms with E-state index >= 15 is 0 Å². The van der Waals surface area contributed by atoms with E-state index in [4.69, 9.17) is 4.74 Å². The predicted octanol–water partition coefficient (Wildman–Crippen LogP) is 1.86. The molecule has 1 aliphatic heterocycles. The monoisotopic (exact) mass is 289 g/mol. The number of ether oxygens (including phenoxy) is 1. The van der Waals surface area contributed by atoms with E-state index in [1.54, 1.807) is 18.3 Å². The van der Waals surface area contributed by atoms with Gasteiger partial charge >= 0.3 is 0 Å². The fourth-order valence-electron chi connectivity index (χ4n) is 2.45. The van der Waals surface area contributed by atoms with Gasteiger partial charge in [0.25, 0.3) is 5.91 Å². The molecule has 1 saturated heterocycles. The molecule has 1 aromatic rings. The van der Waals surface area contributed by atoms with Gasteiger partial charge in [0.05, 0.1) is 12.2 Å². The first-order chi connectivity index (χ1) is 10.2. The summed E-state index contributed by atoms with van der Waals surface area (Å²) < 4.78 is 5.50. The molecule has 1 amide bonds. The minimum absolute atomic E-state index is 0.128. The second kappa shape index (κ2) is 7.78. The third-order valence-electron chi connectivity index (χ3n) is 3.59. The Morgan fingerprint density at radius 1 is 1.62 bits per heavy atom. The minimum Gasteiger partial charge on any atom is -0.381 e. The molecule has 2 heterocycles. The maximum absolute atomic E-state index is 11.8. The first-order valence-corrected chi connectivity index (χ1v) is 7.34. The fraction of sp³-hybridized carbons (Fsp3) is 0.500. The van der Waals surface area contributed by atoms with Crippen LogP contribution in [0.4, 0.5) is 5.82 Å². The summed E-state index contributed by atoms with van der Waals surface area (Å²) in [6.07, 6.45) is 5.60. The van der Waals surface area contributed by atoms with Crippen molar-refractivity contribution in [3.63, 3.8) is 0 Å². The van der Waals surface area contributed by atoms with Crippen LogP contribution < -0.4 is 10.2 Å². The van der Waals surface area contributed by atoms with Gasteiger partial charge in [-0.15, -0.1) is 6.58 Å². The highest BCUT2D eigenvalue weighted by atomic mass is 16.5. The summed E-state index contributed by atoms with van der Waals surface area (Å²) in [7, 11) is 2.02. The standard InChI is InChI=1S/C16H23N3O2/c1-3-8-17-16(20)14-6-7-15(18-10-14)19(2)11-13-5-4-9-21-12-13/h3,6-7,10,13H,1,4-5,8-9,11-12H2,2H3,(H,17,20)/t13-/m0/s1. The van der Waals surface area contributed by atoms with Crippen LogP contribution in [0.25, 0.3) is 0 Å². The number of anilines is 1. The average Bonchev–Trinajstić information content (AvgIpc) is 2.53. The lowest BCUT2D eigenvalue weighted by Gasteiger charge is -2.27. The second-order valence-corrected chi connectivity index (χ2v) is 5.37. The Labute approximate surface area is 126 Å². The van der Waals surface area contributed by atoms with Crippen LogP contribution in [0.3, 0.4) is 0 Å². The van der Waals surface area contributed by atoms with Gasteiger partial charge in [0, 0.05) is 32.9 Å². The average molecular weight is 289 g/mol. The molecule has 5 heteroatoms. The van der Waals surface area contributed by atoms with Gasteiger partial charge in [0.2, 0.25) is 0 Å². The topological polar surface area (TPSA) is 54.5 Å². The van der Waals surface area contributed by atoms with Crippen LogP contribution in [0.1, 0.15) is 23.2 Å². The number of aromatic nitrogens is 1. The van der Waals surface area contributed by atoms with E-state index < -0.39 is 0 Å². The summed E-state index contributed by atoms with van der Waals surface area (Å²) in [4.78, 5) is 18.3. The molecule has 0 bridgehead atoms. The lowest BCUT2D eigenvalue weighted by atomic mass is 10.0. The highest BCUT2D eigenvalue weighted by Crippen LogP contribution is 2.17.